The summed E-state index contributed by atoms with van der Waals surface area (Å²) >= 11 is 1.62. The monoisotopic (exact) mass is 264 g/mol. The van der Waals surface area contributed by atoms with E-state index >= 15 is 0 Å². The fourth-order valence-corrected chi connectivity index (χ4v) is 2.58. The average molecular weight is 264 g/mol. The molecule has 0 saturated heterocycles. The van der Waals surface area contributed by atoms with Crippen LogP contribution in [0.4, 0.5) is 0 Å². The molecule has 0 aliphatic carbocycles. The molecule has 3 nitrogen and oxygen atoms in total. The summed E-state index contributed by atoms with van der Waals surface area (Å²) in [4.78, 5) is 1.12. The molecule has 4 heteroatoms. The molecule has 0 spiro atoms. The van der Waals surface area contributed by atoms with Crippen LogP contribution in [0.1, 0.15) is 22.1 Å². The molecule has 1 N–H and O–H groups in total. The Hall–Kier alpha value is -1.52. The van der Waals surface area contributed by atoms with Gasteiger partial charge in [0.05, 0.1) is 14.2 Å². The molecule has 0 saturated carbocycles. The third-order valence-electron chi connectivity index (χ3n) is 2.88. The van der Waals surface area contributed by atoms with Gasteiger partial charge in [0.15, 0.2) is 0 Å². The molecule has 1 atom stereocenters. The summed E-state index contributed by atoms with van der Waals surface area (Å²) in [5.41, 5.74) is 1.70. The molecule has 0 amide bonds. The molecule has 1 aromatic heterocycles. The van der Waals surface area contributed by atoms with Gasteiger partial charge in [0.2, 0.25) is 0 Å². The van der Waals surface area contributed by atoms with Crippen LogP contribution >= 0.6 is 11.3 Å². The summed E-state index contributed by atoms with van der Waals surface area (Å²) < 4.78 is 10.4. The van der Waals surface area contributed by atoms with E-state index in [1.54, 1.807) is 31.6 Å². The highest BCUT2D eigenvalue weighted by Crippen LogP contribution is 2.32. The number of hydrogen-bond acceptors (Lipinski definition) is 4. The predicted molar refractivity (Wildman–Crippen MR) is 72.7 cm³/mol. The van der Waals surface area contributed by atoms with Gasteiger partial charge in [0.25, 0.3) is 0 Å². The van der Waals surface area contributed by atoms with Crippen molar-refractivity contribution >= 4 is 11.3 Å². The fourth-order valence-electron chi connectivity index (χ4n) is 1.85. The topological polar surface area (TPSA) is 38.7 Å². The van der Waals surface area contributed by atoms with Crippen molar-refractivity contribution < 1.29 is 14.6 Å². The van der Waals surface area contributed by atoms with Crippen molar-refractivity contribution in [1.82, 2.24) is 0 Å². The lowest BCUT2D eigenvalue weighted by Gasteiger charge is -2.14. The molecule has 2 aromatic rings. The third-order valence-corrected chi connectivity index (χ3v) is 3.74. The number of aryl methyl sites for hydroxylation is 1. The second-order valence-electron chi connectivity index (χ2n) is 3.98. The number of methoxy groups -OCH3 is 2. The van der Waals surface area contributed by atoms with E-state index in [2.05, 4.69) is 0 Å². The van der Waals surface area contributed by atoms with Crippen molar-refractivity contribution in [2.45, 2.75) is 13.0 Å². The number of ether oxygens (including phenoxy) is 2. The van der Waals surface area contributed by atoms with Gasteiger partial charge in [0, 0.05) is 10.9 Å². The second-order valence-corrected chi connectivity index (χ2v) is 5.10. The molecule has 0 bridgehead atoms. The van der Waals surface area contributed by atoms with E-state index in [4.69, 9.17) is 9.47 Å². The summed E-state index contributed by atoms with van der Waals surface area (Å²) in [7, 11) is 3.20. The maximum Gasteiger partial charge on any atom is 0.122 e. The Labute approximate surface area is 111 Å². The van der Waals surface area contributed by atoms with Gasteiger partial charge in [0.1, 0.15) is 17.6 Å². The lowest BCUT2D eigenvalue weighted by atomic mass is 10.0. The van der Waals surface area contributed by atoms with E-state index in [1.165, 1.54) is 0 Å². The molecular weight excluding hydrogens is 248 g/mol. The summed E-state index contributed by atoms with van der Waals surface area (Å²) in [6.45, 7) is 2.00. The van der Waals surface area contributed by atoms with Gasteiger partial charge >= 0.3 is 0 Å². The molecule has 0 aliphatic rings. The van der Waals surface area contributed by atoms with Gasteiger partial charge in [-0.1, -0.05) is 0 Å². The van der Waals surface area contributed by atoms with E-state index in [1.807, 2.05) is 30.5 Å². The van der Waals surface area contributed by atoms with E-state index in [9.17, 15) is 5.11 Å². The van der Waals surface area contributed by atoms with Gasteiger partial charge in [-0.05, 0) is 41.6 Å². The van der Waals surface area contributed by atoms with E-state index in [0.29, 0.717) is 11.5 Å². The molecule has 96 valence electrons. The first-order valence-corrected chi connectivity index (χ1v) is 6.48. The number of hydrogen-bond donors (Lipinski definition) is 1. The van der Waals surface area contributed by atoms with Crippen LogP contribution in [0.5, 0.6) is 11.5 Å². The Morgan fingerprint density at radius 3 is 2.17 bits per heavy atom. The zero-order valence-electron chi connectivity index (χ0n) is 10.6. The fraction of sp³-hybridized carbons (Fsp3) is 0.286. The molecule has 2 rings (SSSR count). The smallest absolute Gasteiger partial charge is 0.122 e. The van der Waals surface area contributed by atoms with Gasteiger partial charge in [-0.15, -0.1) is 11.3 Å². The minimum absolute atomic E-state index is 0.653. The summed E-state index contributed by atoms with van der Waals surface area (Å²) in [6, 6.07) is 7.38. The van der Waals surface area contributed by atoms with Crippen molar-refractivity contribution in [3.05, 3.63) is 45.6 Å². The Bertz CT molecular complexity index is 511. The number of aliphatic hydroxyl groups excluding tert-OH is 1. The van der Waals surface area contributed by atoms with Crippen molar-refractivity contribution in [2.75, 3.05) is 14.2 Å². The Kier molecular flexibility index (Phi) is 3.89. The molecule has 1 aromatic carbocycles. The van der Waals surface area contributed by atoms with E-state index in [0.717, 1.165) is 16.0 Å². The third kappa shape index (κ3) is 2.49. The summed E-state index contributed by atoms with van der Waals surface area (Å²) in [5, 5.41) is 12.4. The first kappa shape index (κ1) is 12.9. The highest BCUT2D eigenvalue weighted by atomic mass is 32.1. The first-order chi connectivity index (χ1) is 8.65. The highest BCUT2D eigenvalue weighted by Gasteiger charge is 2.15. The molecule has 18 heavy (non-hydrogen) atoms. The summed E-state index contributed by atoms with van der Waals surface area (Å²) in [5.74, 6) is 1.35. The van der Waals surface area contributed by atoms with E-state index < -0.39 is 6.10 Å². The van der Waals surface area contributed by atoms with Gasteiger partial charge in [-0.2, -0.15) is 0 Å². The predicted octanol–water partition coefficient (Wildman–Crippen LogP) is 3.16. The molecule has 0 radical (unpaired) electrons. The molecule has 1 unspecified atom stereocenters. The molecule has 1 heterocycles. The lowest BCUT2D eigenvalue weighted by Crippen LogP contribution is -2.01. The van der Waals surface area contributed by atoms with Crippen LogP contribution in [-0.4, -0.2) is 19.3 Å². The first-order valence-electron chi connectivity index (χ1n) is 5.60. The molecular formula is C14H16O3S. The van der Waals surface area contributed by atoms with Crippen LogP contribution in [0, 0.1) is 6.92 Å². The van der Waals surface area contributed by atoms with Crippen LogP contribution < -0.4 is 9.47 Å². The Morgan fingerprint density at radius 2 is 1.72 bits per heavy atom. The number of thiophene rings is 1. The zero-order chi connectivity index (χ0) is 13.1. The highest BCUT2D eigenvalue weighted by molar-refractivity contribution is 7.10. The number of rotatable bonds is 4. The lowest BCUT2D eigenvalue weighted by molar-refractivity contribution is 0.219. The standard InChI is InChI=1S/C14H16O3S/c1-9-13(4-5-18-9)14(15)10-6-11(16-2)8-12(7-10)17-3/h4-8,14-15H,1-3H3. The second kappa shape index (κ2) is 5.42. The van der Waals surface area contributed by atoms with Gasteiger partial charge in [-0.25, -0.2) is 0 Å². The van der Waals surface area contributed by atoms with Crippen molar-refractivity contribution in [2.24, 2.45) is 0 Å². The average Bonchev–Trinajstić information content (AvgIpc) is 2.83. The van der Waals surface area contributed by atoms with Gasteiger partial charge in [-0.3, -0.25) is 0 Å². The zero-order valence-corrected chi connectivity index (χ0v) is 11.5. The van der Waals surface area contributed by atoms with Crippen LogP contribution in [0.15, 0.2) is 29.6 Å². The minimum atomic E-state index is -0.653. The van der Waals surface area contributed by atoms with Crippen LogP contribution in [0.2, 0.25) is 0 Å². The van der Waals surface area contributed by atoms with Crippen molar-refractivity contribution in [3.8, 4) is 11.5 Å². The Morgan fingerprint density at radius 1 is 1.11 bits per heavy atom. The van der Waals surface area contributed by atoms with Gasteiger partial charge < -0.3 is 14.6 Å². The quantitative estimate of drug-likeness (QED) is 0.922. The maximum atomic E-state index is 10.4. The van der Waals surface area contributed by atoms with E-state index in [-0.39, 0.29) is 0 Å². The largest absolute Gasteiger partial charge is 0.497 e. The minimum Gasteiger partial charge on any atom is -0.497 e. The molecule has 0 fully saturated rings. The van der Waals surface area contributed by atoms with Crippen molar-refractivity contribution in [1.29, 1.82) is 0 Å². The normalized spacial score (nSPS) is 12.2. The SMILES string of the molecule is COc1cc(OC)cc(C(O)c2ccsc2C)c1. The molecule has 0 aliphatic heterocycles. The van der Waals surface area contributed by atoms with Crippen LogP contribution in [0.25, 0.3) is 0 Å². The van der Waals surface area contributed by atoms with Crippen molar-refractivity contribution in [3.63, 3.8) is 0 Å². The summed E-state index contributed by atoms with van der Waals surface area (Å²) in [6.07, 6.45) is -0.653. The van der Waals surface area contributed by atoms with Crippen LogP contribution in [-0.2, 0) is 0 Å². The number of aliphatic hydroxyl groups is 1. The number of benzene rings is 1. The maximum absolute atomic E-state index is 10.4. The van der Waals surface area contributed by atoms with Crippen LogP contribution in [0.3, 0.4) is 0 Å². The Balaban J connectivity index is 2.41.